The van der Waals surface area contributed by atoms with E-state index in [1.165, 1.54) is 0 Å². The Morgan fingerprint density at radius 3 is 1.75 bits per heavy atom. The molecule has 0 aromatic carbocycles. The lowest BCUT2D eigenvalue weighted by atomic mass is 10.3. The van der Waals surface area contributed by atoms with Crippen molar-refractivity contribution in [2.75, 3.05) is 13.2 Å². The SMILES string of the molecule is CCCC=O.CCOC(=O)C=[NH+]N.CCOC(=O)c1cc(CC)[nH]n1.CCc1cc(CCl)[nH]n1.CCc1cc(CO)[nH]n1.Cl. The highest BCUT2D eigenvalue weighted by atomic mass is 35.5. The van der Waals surface area contributed by atoms with Crippen LogP contribution >= 0.6 is 24.0 Å². The molecule has 0 radical (unpaired) electrons. The lowest BCUT2D eigenvalue weighted by Gasteiger charge is -1.94. The van der Waals surface area contributed by atoms with Gasteiger partial charge in [-0.1, -0.05) is 27.7 Å². The molecule has 0 spiro atoms. The van der Waals surface area contributed by atoms with Crippen molar-refractivity contribution in [1.29, 1.82) is 0 Å². The quantitative estimate of drug-likeness (QED) is 0.0439. The van der Waals surface area contributed by atoms with Crippen LogP contribution < -0.4 is 10.9 Å². The Morgan fingerprint density at radius 1 is 0.886 bits per heavy atom. The molecule has 0 atom stereocenters. The first kappa shape index (κ1) is 44.7. The van der Waals surface area contributed by atoms with Crippen molar-refractivity contribution in [1.82, 2.24) is 30.6 Å². The van der Waals surface area contributed by atoms with Crippen LogP contribution in [0.15, 0.2) is 18.2 Å². The highest BCUT2D eigenvalue weighted by Gasteiger charge is 2.09. The number of hydrazone groups is 1. The number of rotatable bonds is 11. The molecule has 0 aliphatic heterocycles. The lowest BCUT2D eigenvalue weighted by molar-refractivity contribution is -0.463. The van der Waals surface area contributed by atoms with E-state index in [-0.39, 0.29) is 25.0 Å². The predicted molar refractivity (Wildman–Crippen MR) is 171 cm³/mol. The summed E-state index contributed by atoms with van der Waals surface area (Å²) in [7, 11) is 0. The smallest absolute Gasteiger partial charge is 0.397 e. The van der Waals surface area contributed by atoms with Crippen LogP contribution in [-0.4, -0.2) is 73.4 Å². The standard InChI is InChI=1S/C8H12N2O2.C6H9ClN2.C6H10N2O.C4H8N2O2.C4H8O.ClH/c1-3-6-5-7(10-9-6)8(11)12-4-2;1-2-5-3-6(4-7)9-8-5;1-2-5-3-6(4-9)8-7-5;1-2-8-4(7)3-6-5;1-2-3-4-5;/h5H,3-4H2,1-2H3,(H,9,10);3H,2,4H2,1H3,(H,8,9);3,9H,2,4H2,1H3,(H,7,8);3H,2,5H2,1H3;4H,2-3H2,1H3;1H/p+1. The van der Waals surface area contributed by atoms with Gasteiger partial charge < -0.3 is 19.4 Å². The zero-order chi connectivity index (χ0) is 32.9. The first-order valence-electron chi connectivity index (χ1n) is 14.1. The number of aromatic nitrogens is 6. The summed E-state index contributed by atoms with van der Waals surface area (Å²) in [4.78, 5) is 30.7. The number of hydrogen-bond acceptors (Lipinski definition) is 10. The maximum absolute atomic E-state index is 11.1. The number of carbonyl (C=O) groups is 3. The van der Waals surface area contributed by atoms with E-state index in [0.29, 0.717) is 31.2 Å². The highest BCUT2D eigenvalue weighted by Crippen LogP contribution is 2.03. The molecule has 3 heterocycles. The first-order chi connectivity index (χ1) is 20.7. The van der Waals surface area contributed by atoms with Crippen molar-refractivity contribution in [2.24, 2.45) is 5.84 Å². The van der Waals surface area contributed by atoms with Crippen LogP contribution in [0.3, 0.4) is 0 Å². The van der Waals surface area contributed by atoms with Crippen molar-refractivity contribution in [3.05, 3.63) is 52.4 Å². The van der Waals surface area contributed by atoms with Gasteiger partial charge in [0, 0.05) is 12.1 Å². The number of halogens is 2. The number of nitrogens with zero attached hydrogens (tertiary/aromatic N) is 3. The number of nitrogens with one attached hydrogen (secondary N) is 4. The van der Waals surface area contributed by atoms with E-state index in [2.05, 4.69) is 47.4 Å². The Kier molecular flexibility index (Phi) is 31.2. The summed E-state index contributed by atoms with van der Waals surface area (Å²) >= 11 is 5.53. The number of hydrazine groups is 1. The van der Waals surface area contributed by atoms with Crippen LogP contribution in [0.25, 0.3) is 0 Å². The topological polar surface area (TPSA) is 216 Å². The normalized spacial score (nSPS) is 9.36. The molecule has 0 fully saturated rings. The van der Waals surface area contributed by atoms with Gasteiger partial charge in [0.05, 0.1) is 48.5 Å². The molecule has 14 nitrogen and oxygen atoms in total. The van der Waals surface area contributed by atoms with Gasteiger partial charge in [-0.05, 0) is 57.7 Å². The number of aliphatic hydroxyl groups excluding tert-OH is 1. The second-order valence-electron chi connectivity index (χ2n) is 8.14. The fraction of sp³-hybridized carbons (Fsp3) is 0.536. The van der Waals surface area contributed by atoms with E-state index < -0.39 is 5.97 Å². The summed E-state index contributed by atoms with van der Waals surface area (Å²) < 4.78 is 9.21. The summed E-state index contributed by atoms with van der Waals surface area (Å²) in [5, 5.41) is 30.6. The van der Waals surface area contributed by atoms with Gasteiger partial charge in [-0.25, -0.2) is 15.4 Å². The minimum atomic E-state index is -0.449. The Balaban J connectivity index is -0.000000486. The molecular weight excluding hydrogens is 615 g/mol. The number of aldehydes is 1. The van der Waals surface area contributed by atoms with Gasteiger partial charge in [-0.2, -0.15) is 15.3 Å². The number of carbonyl (C=O) groups excluding carboxylic acids is 3. The summed E-state index contributed by atoms with van der Waals surface area (Å²) in [6, 6.07) is 5.55. The molecule has 0 unspecified atom stereocenters. The van der Waals surface area contributed by atoms with Gasteiger partial charge >= 0.3 is 11.9 Å². The molecule has 0 amide bonds. The maximum Gasteiger partial charge on any atom is 0.397 e. The number of aryl methyl sites for hydroxylation is 3. The van der Waals surface area contributed by atoms with Gasteiger partial charge in [0.2, 0.25) is 0 Å². The molecule has 0 aliphatic rings. The number of esters is 2. The molecule has 3 aromatic heterocycles. The van der Waals surface area contributed by atoms with E-state index in [9.17, 15) is 14.4 Å². The molecule has 16 heteroatoms. The fourth-order valence-corrected chi connectivity index (χ4v) is 2.69. The molecule has 3 rings (SSSR count). The molecule has 7 N–H and O–H groups in total. The third-order valence-corrected chi connectivity index (χ3v) is 5.09. The highest BCUT2D eigenvalue weighted by molar-refractivity contribution is 6.20. The number of alkyl halides is 1. The van der Waals surface area contributed by atoms with Crippen LogP contribution in [0.2, 0.25) is 0 Å². The second kappa shape index (κ2) is 30.7. The molecule has 0 saturated carbocycles. The molecule has 0 aliphatic carbocycles. The van der Waals surface area contributed by atoms with E-state index in [1.54, 1.807) is 19.9 Å². The van der Waals surface area contributed by atoms with E-state index in [4.69, 9.17) is 27.3 Å². The third kappa shape index (κ3) is 22.8. The molecule has 250 valence electrons. The van der Waals surface area contributed by atoms with Crippen LogP contribution in [0.4, 0.5) is 0 Å². The maximum atomic E-state index is 11.1. The molecule has 44 heavy (non-hydrogen) atoms. The van der Waals surface area contributed by atoms with E-state index >= 15 is 0 Å². The van der Waals surface area contributed by atoms with Crippen LogP contribution in [0, 0.1) is 0 Å². The fourth-order valence-electron chi connectivity index (χ4n) is 2.55. The monoisotopic (exact) mass is 663 g/mol. The Labute approximate surface area is 270 Å². The number of H-pyrrole nitrogens is 3. The van der Waals surface area contributed by atoms with Gasteiger partial charge in [-0.3, -0.25) is 15.3 Å². The van der Waals surface area contributed by atoms with Crippen molar-refractivity contribution >= 4 is 48.4 Å². The third-order valence-electron chi connectivity index (χ3n) is 4.80. The molecular formula is C28H49Cl2N8O6+. The second-order valence-corrected chi connectivity index (χ2v) is 8.41. The van der Waals surface area contributed by atoms with Crippen molar-refractivity contribution in [2.45, 2.75) is 86.1 Å². The van der Waals surface area contributed by atoms with Crippen LogP contribution in [0.5, 0.6) is 0 Å². The summed E-state index contributed by atoms with van der Waals surface area (Å²) in [5.41, 5.74) is 5.15. The van der Waals surface area contributed by atoms with Crippen molar-refractivity contribution < 1.29 is 34.1 Å². The van der Waals surface area contributed by atoms with Crippen molar-refractivity contribution in [3.8, 4) is 0 Å². The average molecular weight is 665 g/mol. The summed E-state index contributed by atoms with van der Waals surface area (Å²) in [5.74, 6) is 4.46. The largest absolute Gasteiger partial charge is 0.461 e. The molecule has 0 saturated heterocycles. The number of nitrogens with two attached hydrogens (primary N) is 1. The van der Waals surface area contributed by atoms with Crippen LogP contribution in [-0.2, 0) is 50.8 Å². The van der Waals surface area contributed by atoms with E-state index in [1.807, 2.05) is 32.9 Å². The minimum absolute atomic E-state index is 0. The molecule has 3 aromatic rings. The number of ether oxygens (including phenoxy) is 2. The van der Waals surface area contributed by atoms with Gasteiger partial charge in [-0.15, -0.1) is 29.1 Å². The lowest BCUT2D eigenvalue weighted by Crippen LogP contribution is -2.77. The summed E-state index contributed by atoms with van der Waals surface area (Å²) in [6.45, 7) is 12.4. The minimum Gasteiger partial charge on any atom is -0.461 e. The van der Waals surface area contributed by atoms with E-state index in [0.717, 1.165) is 66.7 Å². The van der Waals surface area contributed by atoms with Gasteiger partial charge in [0.15, 0.2) is 5.69 Å². The zero-order valence-corrected chi connectivity index (χ0v) is 28.0. The number of aromatic amines is 3. The number of unbranched alkanes of at least 4 members (excludes halogenated alkanes) is 1. The first-order valence-corrected chi connectivity index (χ1v) is 14.6. The van der Waals surface area contributed by atoms with Crippen LogP contribution in [0.1, 0.15) is 93.3 Å². The summed E-state index contributed by atoms with van der Waals surface area (Å²) in [6.07, 6.45) is 6.38. The molecule has 0 bridgehead atoms. The number of hydrogen-bond donors (Lipinski definition) is 6. The van der Waals surface area contributed by atoms with Gasteiger partial charge in [0.1, 0.15) is 6.29 Å². The van der Waals surface area contributed by atoms with Crippen molar-refractivity contribution in [3.63, 3.8) is 0 Å². The number of aliphatic hydroxyl groups is 1. The zero-order valence-electron chi connectivity index (χ0n) is 26.4. The average Bonchev–Trinajstić information content (AvgIpc) is 3.80. The Morgan fingerprint density at radius 2 is 1.43 bits per heavy atom. The Hall–Kier alpha value is -3.75. The predicted octanol–water partition coefficient (Wildman–Crippen LogP) is 2.31. The van der Waals surface area contributed by atoms with Gasteiger partial charge in [0.25, 0.3) is 6.21 Å². The Bertz CT molecular complexity index is 1070.